The van der Waals surface area contributed by atoms with E-state index < -0.39 is 5.60 Å². The van der Waals surface area contributed by atoms with Crippen molar-refractivity contribution >= 4 is 21.9 Å². The maximum absolute atomic E-state index is 10.1. The Morgan fingerprint density at radius 3 is 2.70 bits per heavy atom. The molecule has 0 atom stereocenters. The molecule has 1 fully saturated rings. The Hall–Kier alpha value is -1.07. The summed E-state index contributed by atoms with van der Waals surface area (Å²) >= 11 is 3.56. The molecule has 0 amide bonds. The van der Waals surface area contributed by atoms with Crippen LogP contribution in [0.3, 0.4) is 0 Å². The molecule has 110 valence electrons. The highest BCUT2D eigenvalue weighted by Crippen LogP contribution is 2.30. The topological polar surface area (TPSA) is 47.9 Å². The molecule has 1 aliphatic carbocycles. The molecule has 2 rings (SSSR count). The van der Waals surface area contributed by atoms with Crippen molar-refractivity contribution in [2.24, 2.45) is 4.99 Å². The van der Waals surface area contributed by atoms with Crippen molar-refractivity contribution in [3.8, 4) is 0 Å². The van der Waals surface area contributed by atoms with Crippen LogP contribution >= 0.6 is 15.9 Å². The van der Waals surface area contributed by atoms with Gasteiger partial charge in [0, 0.05) is 31.7 Å². The third kappa shape index (κ3) is 3.73. The van der Waals surface area contributed by atoms with E-state index in [0.29, 0.717) is 6.54 Å². The third-order valence-electron chi connectivity index (χ3n) is 3.80. The zero-order valence-electron chi connectivity index (χ0n) is 12.1. The Balaban J connectivity index is 1.92. The molecule has 1 aliphatic rings. The Morgan fingerprint density at radius 2 is 2.15 bits per heavy atom. The van der Waals surface area contributed by atoms with Gasteiger partial charge in [0.05, 0.1) is 5.60 Å². The molecule has 0 spiro atoms. The number of hydrogen-bond donors (Lipinski definition) is 2. The molecule has 1 aromatic rings. The lowest BCUT2D eigenvalue weighted by atomic mass is 9.80. The number of aliphatic hydroxyl groups is 1. The van der Waals surface area contributed by atoms with Crippen LogP contribution in [0.25, 0.3) is 0 Å². The van der Waals surface area contributed by atoms with Crippen LogP contribution in [-0.4, -0.2) is 42.2 Å². The number of nitrogens with zero attached hydrogens (tertiary/aromatic N) is 2. The van der Waals surface area contributed by atoms with Gasteiger partial charge in [-0.1, -0.05) is 34.1 Å². The van der Waals surface area contributed by atoms with Crippen LogP contribution in [0, 0.1) is 0 Å². The molecule has 0 radical (unpaired) electrons. The minimum Gasteiger partial charge on any atom is -0.388 e. The largest absolute Gasteiger partial charge is 0.388 e. The summed E-state index contributed by atoms with van der Waals surface area (Å²) in [6, 6.07) is 8.16. The van der Waals surface area contributed by atoms with E-state index in [2.05, 4.69) is 37.2 Å². The fourth-order valence-electron chi connectivity index (χ4n) is 2.35. The number of aliphatic imine (C=N–C) groups is 1. The van der Waals surface area contributed by atoms with E-state index in [-0.39, 0.29) is 0 Å². The normalized spacial score (nSPS) is 17.5. The highest BCUT2D eigenvalue weighted by atomic mass is 79.9. The minimum absolute atomic E-state index is 0.538. The molecule has 20 heavy (non-hydrogen) atoms. The van der Waals surface area contributed by atoms with Gasteiger partial charge in [-0.2, -0.15) is 0 Å². The van der Waals surface area contributed by atoms with Gasteiger partial charge in [-0.3, -0.25) is 4.99 Å². The third-order valence-corrected chi connectivity index (χ3v) is 4.57. The van der Waals surface area contributed by atoms with E-state index in [1.807, 2.05) is 25.2 Å². The summed E-state index contributed by atoms with van der Waals surface area (Å²) in [4.78, 5) is 6.34. The summed E-state index contributed by atoms with van der Waals surface area (Å²) in [6.45, 7) is 1.33. The van der Waals surface area contributed by atoms with Crippen LogP contribution in [0.4, 0.5) is 0 Å². The standard InChI is InChI=1S/C15H22BrN3O/c1-17-14(18-11-15(20)8-5-9-15)19(2)10-12-6-3-4-7-13(12)16/h3-4,6-7,20H,5,8-11H2,1-2H3,(H,17,18). The highest BCUT2D eigenvalue weighted by Gasteiger charge is 2.34. The average molecular weight is 340 g/mol. The lowest BCUT2D eigenvalue weighted by Crippen LogP contribution is -2.50. The first-order valence-electron chi connectivity index (χ1n) is 6.92. The molecule has 0 saturated heterocycles. The maximum Gasteiger partial charge on any atom is 0.193 e. The maximum atomic E-state index is 10.1. The first-order chi connectivity index (χ1) is 9.54. The zero-order chi connectivity index (χ0) is 14.6. The summed E-state index contributed by atoms with van der Waals surface area (Å²) in [7, 11) is 3.77. The summed E-state index contributed by atoms with van der Waals surface area (Å²) in [5, 5.41) is 13.4. The number of guanidine groups is 1. The summed E-state index contributed by atoms with van der Waals surface area (Å²) in [5.74, 6) is 0.807. The quantitative estimate of drug-likeness (QED) is 0.654. The Labute approximate surface area is 129 Å². The van der Waals surface area contributed by atoms with Gasteiger partial charge in [0.1, 0.15) is 0 Å². The summed E-state index contributed by atoms with van der Waals surface area (Å²) < 4.78 is 1.10. The monoisotopic (exact) mass is 339 g/mol. The van der Waals surface area contributed by atoms with E-state index in [0.717, 1.165) is 36.2 Å². The number of benzene rings is 1. The fourth-order valence-corrected chi connectivity index (χ4v) is 2.76. The number of hydrogen-bond acceptors (Lipinski definition) is 2. The molecule has 4 nitrogen and oxygen atoms in total. The van der Waals surface area contributed by atoms with Crippen molar-refractivity contribution < 1.29 is 5.11 Å². The number of halogens is 1. The fraction of sp³-hybridized carbons (Fsp3) is 0.533. The molecule has 2 N–H and O–H groups in total. The lowest BCUT2D eigenvalue weighted by molar-refractivity contribution is -0.0282. The smallest absolute Gasteiger partial charge is 0.193 e. The van der Waals surface area contributed by atoms with Crippen molar-refractivity contribution in [2.45, 2.75) is 31.4 Å². The van der Waals surface area contributed by atoms with E-state index in [1.165, 1.54) is 5.56 Å². The number of rotatable bonds is 4. The Kier molecular flexibility index (Phi) is 5.05. The number of nitrogens with one attached hydrogen (secondary N) is 1. The summed E-state index contributed by atoms with van der Waals surface area (Å²) in [5.41, 5.74) is 0.671. The lowest BCUT2D eigenvalue weighted by Gasteiger charge is -2.37. The molecule has 0 aromatic heterocycles. The van der Waals surface area contributed by atoms with E-state index >= 15 is 0 Å². The van der Waals surface area contributed by atoms with Crippen LogP contribution in [0.5, 0.6) is 0 Å². The van der Waals surface area contributed by atoms with Gasteiger partial charge in [0.15, 0.2) is 5.96 Å². The van der Waals surface area contributed by atoms with Gasteiger partial charge < -0.3 is 15.3 Å². The Morgan fingerprint density at radius 1 is 1.45 bits per heavy atom. The molecule has 5 heteroatoms. The van der Waals surface area contributed by atoms with Crippen LogP contribution < -0.4 is 5.32 Å². The second-order valence-electron chi connectivity index (χ2n) is 5.43. The SMILES string of the molecule is CN=C(NCC1(O)CCC1)N(C)Cc1ccccc1Br. The molecule has 0 aliphatic heterocycles. The highest BCUT2D eigenvalue weighted by molar-refractivity contribution is 9.10. The molecule has 0 unspecified atom stereocenters. The molecule has 0 bridgehead atoms. The van der Waals surface area contributed by atoms with Gasteiger partial charge in [-0.15, -0.1) is 0 Å². The van der Waals surface area contributed by atoms with Crippen molar-refractivity contribution in [3.63, 3.8) is 0 Å². The Bertz CT molecular complexity index is 486. The van der Waals surface area contributed by atoms with Crippen LogP contribution in [0.1, 0.15) is 24.8 Å². The predicted molar refractivity (Wildman–Crippen MR) is 85.8 cm³/mol. The second kappa shape index (κ2) is 6.59. The summed E-state index contributed by atoms with van der Waals surface area (Å²) in [6.07, 6.45) is 2.87. The molecular weight excluding hydrogens is 318 g/mol. The van der Waals surface area contributed by atoms with E-state index in [9.17, 15) is 5.11 Å². The molecule has 0 heterocycles. The second-order valence-corrected chi connectivity index (χ2v) is 6.28. The molecule has 1 aromatic carbocycles. The van der Waals surface area contributed by atoms with Crippen molar-refractivity contribution in [1.29, 1.82) is 0 Å². The first kappa shape index (κ1) is 15.3. The van der Waals surface area contributed by atoms with Gasteiger partial charge >= 0.3 is 0 Å². The minimum atomic E-state index is -0.538. The first-order valence-corrected chi connectivity index (χ1v) is 7.71. The van der Waals surface area contributed by atoms with Crippen molar-refractivity contribution in [3.05, 3.63) is 34.3 Å². The van der Waals surface area contributed by atoms with Crippen molar-refractivity contribution in [1.82, 2.24) is 10.2 Å². The van der Waals surface area contributed by atoms with Crippen LogP contribution in [0.2, 0.25) is 0 Å². The van der Waals surface area contributed by atoms with E-state index in [4.69, 9.17) is 0 Å². The molecule has 1 saturated carbocycles. The zero-order valence-corrected chi connectivity index (χ0v) is 13.7. The predicted octanol–water partition coefficient (Wildman–Crippen LogP) is 2.37. The van der Waals surface area contributed by atoms with Gasteiger partial charge in [0.25, 0.3) is 0 Å². The van der Waals surface area contributed by atoms with Gasteiger partial charge in [0.2, 0.25) is 0 Å². The van der Waals surface area contributed by atoms with Gasteiger partial charge in [-0.25, -0.2) is 0 Å². The van der Waals surface area contributed by atoms with Gasteiger partial charge in [-0.05, 0) is 30.9 Å². The van der Waals surface area contributed by atoms with E-state index in [1.54, 1.807) is 7.05 Å². The van der Waals surface area contributed by atoms with Crippen LogP contribution in [0.15, 0.2) is 33.7 Å². The van der Waals surface area contributed by atoms with Crippen LogP contribution in [-0.2, 0) is 6.54 Å². The average Bonchev–Trinajstić information content (AvgIpc) is 2.40. The molecular formula is C15H22BrN3O. The van der Waals surface area contributed by atoms with Crippen molar-refractivity contribution in [2.75, 3.05) is 20.6 Å².